The molecule has 0 bridgehead atoms. The van der Waals surface area contributed by atoms with Crippen molar-refractivity contribution in [2.45, 2.75) is 0 Å². The van der Waals surface area contributed by atoms with Gasteiger partial charge in [-0.05, 0) is 60.8 Å². The molecule has 184 valence electrons. The normalized spacial score (nSPS) is 10.9. The van der Waals surface area contributed by atoms with Crippen molar-refractivity contribution >= 4 is 69.0 Å². The van der Waals surface area contributed by atoms with E-state index < -0.39 is 5.91 Å². The van der Waals surface area contributed by atoms with Crippen LogP contribution in [0.5, 0.6) is 11.5 Å². The van der Waals surface area contributed by atoms with Gasteiger partial charge < -0.3 is 19.2 Å². The predicted octanol–water partition coefficient (Wildman–Crippen LogP) is 6.92. The molecular formula is C25H19Cl2N3O4S2. The lowest BCUT2D eigenvalue weighted by atomic mass is 10.1. The fourth-order valence-corrected chi connectivity index (χ4v) is 4.56. The van der Waals surface area contributed by atoms with E-state index in [1.165, 1.54) is 23.5 Å². The number of amides is 1. The zero-order valence-electron chi connectivity index (χ0n) is 19.0. The van der Waals surface area contributed by atoms with Crippen molar-refractivity contribution in [3.8, 4) is 34.1 Å². The van der Waals surface area contributed by atoms with Crippen molar-refractivity contribution in [2.75, 3.05) is 19.5 Å². The van der Waals surface area contributed by atoms with Crippen molar-refractivity contribution in [1.29, 1.82) is 0 Å². The Morgan fingerprint density at radius 1 is 1.11 bits per heavy atom. The Balaban J connectivity index is 1.35. The second-order valence-electron chi connectivity index (χ2n) is 7.19. The van der Waals surface area contributed by atoms with E-state index in [0.29, 0.717) is 43.8 Å². The van der Waals surface area contributed by atoms with Gasteiger partial charge >= 0.3 is 0 Å². The van der Waals surface area contributed by atoms with Crippen molar-refractivity contribution < 1.29 is 18.7 Å². The third kappa shape index (κ3) is 6.06. The van der Waals surface area contributed by atoms with Crippen LogP contribution in [-0.2, 0) is 4.79 Å². The number of rotatable bonds is 7. The second kappa shape index (κ2) is 11.6. The number of hydrogen-bond donors (Lipinski definition) is 2. The highest BCUT2D eigenvalue weighted by Gasteiger charge is 2.12. The molecule has 0 fully saturated rings. The van der Waals surface area contributed by atoms with Crippen LogP contribution in [0.4, 0.5) is 5.13 Å². The fraction of sp³-hybridized carbons (Fsp3) is 0.0800. The summed E-state index contributed by atoms with van der Waals surface area (Å²) in [4.78, 5) is 16.8. The van der Waals surface area contributed by atoms with E-state index in [1.54, 1.807) is 44.6 Å². The van der Waals surface area contributed by atoms with E-state index in [0.717, 1.165) is 11.3 Å². The van der Waals surface area contributed by atoms with Gasteiger partial charge in [-0.3, -0.25) is 10.1 Å². The molecule has 1 amide bonds. The second-order valence-corrected chi connectivity index (χ2v) is 9.24. The molecular weight excluding hydrogens is 541 g/mol. The molecule has 0 saturated heterocycles. The predicted molar refractivity (Wildman–Crippen MR) is 148 cm³/mol. The first-order valence-corrected chi connectivity index (χ1v) is 12.4. The molecule has 0 saturated carbocycles. The van der Waals surface area contributed by atoms with Gasteiger partial charge in [0.15, 0.2) is 21.7 Å². The van der Waals surface area contributed by atoms with Crippen LogP contribution in [0.15, 0.2) is 64.4 Å². The van der Waals surface area contributed by atoms with Gasteiger partial charge in [0.05, 0.1) is 30.0 Å². The van der Waals surface area contributed by atoms with Gasteiger partial charge in [0.25, 0.3) is 0 Å². The molecule has 2 heterocycles. The first-order valence-electron chi connectivity index (χ1n) is 10.4. The van der Waals surface area contributed by atoms with Crippen LogP contribution in [0, 0.1) is 0 Å². The van der Waals surface area contributed by atoms with Gasteiger partial charge in [0, 0.05) is 22.6 Å². The first kappa shape index (κ1) is 25.7. The molecule has 2 aromatic carbocycles. The summed E-state index contributed by atoms with van der Waals surface area (Å²) < 4.78 is 16.4. The lowest BCUT2D eigenvalue weighted by Gasteiger charge is -2.08. The quantitative estimate of drug-likeness (QED) is 0.188. The Morgan fingerprint density at radius 2 is 1.92 bits per heavy atom. The third-order valence-electron chi connectivity index (χ3n) is 4.88. The molecule has 0 aliphatic rings. The van der Waals surface area contributed by atoms with Crippen LogP contribution in [0.2, 0.25) is 10.0 Å². The van der Waals surface area contributed by atoms with Crippen LogP contribution < -0.4 is 20.1 Å². The van der Waals surface area contributed by atoms with Gasteiger partial charge in [-0.1, -0.05) is 29.3 Å². The lowest BCUT2D eigenvalue weighted by Crippen LogP contribution is -2.32. The Morgan fingerprint density at radius 3 is 2.69 bits per heavy atom. The highest BCUT2D eigenvalue weighted by atomic mass is 35.5. The number of halogens is 2. The first-order chi connectivity index (χ1) is 17.4. The number of carbonyl (C=O) groups is 1. The van der Waals surface area contributed by atoms with Crippen molar-refractivity contribution in [2.24, 2.45) is 0 Å². The Labute approximate surface area is 226 Å². The van der Waals surface area contributed by atoms with E-state index in [-0.39, 0.29) is 5.11 Å². The van der Waals surface area contributed by atoms with E-state index in [9.17, 15) is 4.79 Å². The number of anilines is 1. The standard InChI is InChI=1S/C25H19Cl2N3O4S2/c1-32-20-9-6-14(12-21(20)33-2)18-13-36-25(28-18)30-24(35)29-22(31)11-8-15-7-10-19(34-15)16-4-3-5-17(26)23(16)27/h3-13H,1-2H3,(H2,28,29,30,31,35). The number of hydrogen-bond acceptors (Lipinski definition) is 7. The summed E-state index contributed by atoms with van der Waals surface area (Å²) in [7, 11) is 3.15. The van der Waals surface area contributed by atoms with Crippen molar-refractivity contribution in [3.05, 3.63) is 75.8 Å². The summed E-state index contributed by atoms with van der Waals surface area (Å²) in [6.07, 6.45) is 2.84. The fourth-order valence-electron chi connectivity index (χ4n) is 3.18. The van der Waals surface area contributed by atoms with E-state index in [4.69, 9.17) is 49.3 Å². The topological polar surface area (TPSA) is 85.6 Å². The van der Waals surface area contributed by atoms with Gasteiger partial charge in [-0.2, -0.15) is 0 Å². The zero-order valence-corrected chi connectivity index (χ0v) is 22.1. The minimum absolute atomic E-state index is 0.115. The molecule has 4 aromatic rings. The summed E-state index contributed by atoms with van der Waals surface area (Å²) in [6.45, 7) is 0. The van der Waals surface area contributed by atoms with Gasteiger partial charge in [0.2, 0.25) is 5.91 Å². The monoisotopic (exact) mass is 559 g/mol. The highest BCUT2D eigenvalue weighted by Crippen LogP contribution is 2.35. The smallest absolute Gasteiger partial charge is 0.250 e. The number of carbonyl (C=O) groups excluding carboxylic acids is 1. The highest BCUT2D eigenvalue weighted by molar-refractivity contribution is 7.80. The molecule has 7 nitrogen and oxygen atoms in total. The van der Waals surface area contributed by atoms with Crippen LogP contribution in [-0.4, -0.2) is 30.2 Å². The minimum Gasteiger partial charge on any atom is -0.493 e. The number of thiocarbonyl (C=S) groups is 1. The largest absolute Gasteiger partial charge is 0.493 e. The molecule has 2 aromatic heterocycles. The number of thiazole rings is 1. The molecule has 36 heavy (non-hydrogen) atoms. The number of benzene rings is 2. The van der Waals surface area contributed by atoms with Crippen LogP contribution in [0.3, 0.4) is 0 Å². The SMILES string of the molecule is COc1ccc(-c2csc(NC(=S)NC(=O)C=Cc3ccc(-c4cccc(Cl)c4Cl)o3)n2)cc1OC. The van der Waals surface area contributed by atoms with Crippen molar-refractivity contribution in [1.82, 2.24) is 10.3 Å². The Bertz CT molecular complexity index is 1450. The van der Waals surface area contributed by atoms with Crippen LogP contribution in [0.1, 0.15) is 5.76 Å². The van der Waals surface area contributed by atoms with Gasteiger partial charge in [-0.15, -0.1) is 11.3 Å². The van der Waals surface area contributed by atoms with Gasteiger partial charge in [-0.25, -0.2) is 4.98 Å². The summed E-state index contributed by atoms with van der Waals surface area (Å²) in [6, 6.07) is 14.3. The average Bonchev–Trinajstić information content (AvgIpc) is 3.54. The maximum absolute atomic E-state index is 12.3. The summed E-state index contributed by atoms with van der Waals surface area (Å²) in [5.74, 6) is 1.81. The maximum Gasteiger partial charge on any atom is 0.250 e. The van der Waals surface area contributed by atoms with Crippen LogP contribution in [0.25, 0.3) is 28.7 Å². The molecule has 0 aliphatic heterocycles. The van der Waals surface area contributed by atoms with E-state index in [2.05, 4.69) is 15.6 Å². The molecule has 0 atom stereocenters. The molecule has 0 radical (unpaired) electrons. The van der Waals surface area contributed by atoms with E-state index >= 15 is 0 Å². The Hall–Kier alpha value is -3.37. The molecule has 11 heteroatoms. The molecule has 0 aliphatic carbocycles. The number of nitrogens with one attached hydrogen (secondary N) is 2. The average molecular weight is 560 g/mol. The number of ether oxygens (including phenoxy) is 2. The summed E-state index contributed by atoms with van der Waals surface area (Å²) >= 11 is 18.9. The Kier molecular flexibility index (Phi) is 8.27. The minimum atomic E-state index is -0.428. The molecule has 0 spiro atoms. The maximum atomic E-state index is 12.3. The summed E-state index contributed by atoms with van der Waals surface area (Å²) in [5, 5.41) is 8.84. The number of furan rings is 1. The number of nitrogens with zero attached hydrogens (tertiary/aromatic N) is 1. The zero-order chi connectivity index (χ0) is 25.7. The third-order valence-corrected chi connectivity index (χ3v) is 6.66. The van der Waals surface area contributed by atoms with Crippen molar-refractivity contribution in [3.63, 3.8) is 0 Å². The molecule has 0 unspecified atom stereocenters. The van der Waals surface area contributed by atoms with Gasteiger partial charge in [0.1, 0.15) is 11.5 Å². The molecule has 2 N–H and O–H groups in total. The molecule has 4 rings (SSSR count). The number of methoxy groups -OCH3 is 2. The van der Waals surface area contributed by atoms with E-state index in [1.807, 2.05) is 23.6 Å². The van der Waals surface area contributed by atoms with Crippen LogP contribution >= 0.6 is 46.8 Å². The lowest BCUT2D eigenvalue weighted by molar-refractivity contribution is -0.115. The summed E-state index contributed by atoms with van der Waals surface area (Å²) in [5.41, 5.74) is 2.24. The number of aromatic nitrogens is 1.